The Kier molecular flexibility index (Phi) is 3.13. The number of carbonyl (C=O) groups is 1. The molecule has 0 bridgehead atoms. The summed E-state index contributed by atoms with van der Waals surface area (Å²) < 4.78 is 0. The van der Waals surface area contributed by atoms with Crippen LogP contribution in [0.1, 0.15) is 30.4 Å². The molecule has 2 rings (SSSR count). The highest BCUT2D eigenvalue weighted by Crippen LogP contribution is 2.20. The highest BCUT2D eigenvalue weighted by atomic mass is 16.2. The second-order valence-electron chi connectivity index (χ2n) is 4.40. The zero-order chi connectivity index (χ0) is 11.5. The van der Waals surface area contributed by atoms with Gasteiger partial charge in [0.1, 0.15) is 0 Å². The number of hydrogen-bond acceptors (Lipinski definition) is 2. The number of piperidine rings is 1. The predicted octanol–water partition coefficient (Wildman–Crippen LogP) is 2.09. The molecule has 0 saturated carbocycles. The lowest BCUT2D eigenvalue weighted by atomic mass is 10.0. The Morgan fingerprint density at radius 1 is 1.38 bits per heavy atom. The first-order valence-corrected chi connectivity index (χ1v) is 5.80. The fourth-order valence-electron chi connectivity index (χ4n) is 2.11. The van der Waals surface area contributed by atoms with Crippen molar-refractivity contribution in [3.8, 4) is 0 Å². The van der Waals surface area contributed by atoms with Gasteiger partial charge in [0.15, 0.2) is 0 Å². The molecule has 2 N–H and O–H groups in total. The second kappa shape index (κ2) is 4.56. The van der Waals surface area contributed by atoms with Gasteiger partial charge >= 0.3 is 0 Å². The summed E-state index contributed by atoms with van der Waals surface area (Å²) >= 11 is 0. The maximum absolute atomic E-state index is 11.7. The van der Waals surface area contributed by atoms with Crippen molar-refractivity contribution in [2.75, 3.05) is 12.3 Å². The van der Waals surface area contributed by atoms with Crippen LogP contribution >= 0.6 is 0 Å². The Balaban J connectivity index is 2.14. The summed E-state index contributed by atoms with van der Waals surface area (Å²) in [5.41, 5.74) is 8.92. The fraction of sp³-hybridized carbons (Fsp3) is 0.462. The summed E-state index contributed by atoms with van der Waals surface area (Å²) in [5, 5.41) is 0. The van der Waals surface area contributed by atoms with Gasteiger partial charge < -0.3 is 10.6 Å². The zero-order valence-corrected chi connectivity index (χ0v) is 9.70. The maximum atomic E-state index is 11.7. The molecule has 0 aliphatic carbocycles. The third-order valence-corrected chi connectivity index (χ3v) is 3.27. The molecular weight excluding hydrogens is 200 g/mol. The molecule has 0 aromatic heterocycles. The van der Waals surface area contributed by atoms with E-state index in [0.717, 1.165) is 36.2 Å². The minimum Gasteiger partial charge on any atom is -0.399 e. The van der Waals surface area contributed by atoms with Gasteiger partial charge in [-0.1, -0.05) is 12.1 Å². The summed E-state index contributed by atoms with van der Waals surface area (Å²) in [4.78, 5) is 13.6. The largest absolute Gasteiger partial charge is 0.399 e. The average Bonchev–Trinajstić information content (AvgIpc) is 2.28. The van der Waals surface area contributed by atoms with Crippen LogP contribution in [0.25, 0.3) is 0 Å². The van der Waals surface area contributed by atoms with Gasteiger partial charge in [0.05, 0.1) is 0 Å². The Morgan fingerprint density at radius 3 is 2.94 bits per heavy atom. The van der Waals surface area contributed by atoms with E-state index in [0.29, 0.717) is 13.0 Å². The summed E-state index contributed by atoms with van der Waals surface area (Å²) in [6, 6.07) is 5.90. The smallest absolute Gasteiger partial charge is 0.222 e. The van der Waals surface area contributed by atoms with Crippen LogP contribution < -0.4 is 5.73 Å². The zero-order valence-electron chi connectivity index (χ0n) is 9.70. The van der Waals surface area contributed by atoms with Crippen LogP contribution in [0.15, 0.2) is 18.2 Å². The number of nitrogen functional groups attached to an aromatic ring is 1. The topological polar surface area (TPSA) is 46.3 Å². The summed E-state index contributed by atoms with van der Waals surface area (Å²) in [6.45, 7) is 3.60. The first-order valence-electron chi connectivity index (χ1n) is 5.80. The number of nitrogens with two attached hydrogens (primary N) is 1. The van der Waals surface area contributed by atoms with E-state index in [1.54, 1.807) is 0 Å². The molecule has 3 nitrogen and oxygen atoms in total. The van der Waals surface area contributed by atoms with Crippen LogP contribution in [-0.4, -0.2) is 17.4 Å². The van der Waals surface area contributed by atoms with E-state index in [1.807, 2.05) is 30.0 Å². The van der Waals surface area contributed by atoms with Crippen LogP contribution in [0.2, 0.25) is 0 Å². The lowest BCUT2D eigenvalue weighted by Crippen LogP contribution is -2.34. The molecule has 1 aromatic carbocycles. The van der Waals surface area contributed by atoms with E-state index < -0.39 is 0 Å². The molecule has 0 unspecified atom stereocenters. The molecule has 1 amide bonds. The van der Waals surface area contributed by atoms with E-state index in [2.05, 4.69) is 0 Å². The number of amides is 1. The fourth-order valence-corrected chi connectivity index (χ4v) is 2.11. The van der Waals surface area contributed by atoms with Crippen LogP contribution in [0.3, 0.4) is 0 Å². The Morgan fingerprint density at radius 2 is 2.19 bits per heavy atom. The lowest BCUT2D eigenvalue weighted by Gasteiger charge is -2.27. The van der Waals surface area contributed by atoms with Crippen molar-refractivity contribution >= 4 is 11.6 Å². The van der Waals surface area contributed by atoms with E-state index in [4.69, 9.17) is 5.73 Å². The number of carbonyl (C=O) groups excluding carboxylic acids is 1. The predicted molar refractivity (Wildman–Crippen MR) is 64.9 cm³/mol. The second-order valence-corrected chi connectivity index (χ2v) is 4.40. The Bertz CT molecular complexity index is 401. The number of likely N-dealkylation sites (tertiary alicyclic amines) is 1. The molecule has 1 heterocycles. The molecule has 1 fully saturated rings. The van der Waals surface area contributed by atoms with Crippen molar-refractivity contribution in [1.29, 1.82) is 0 Å². The van der Waals surface area contributed by atoms with Crippen molar-refractivity contribution in [1.82, 2.24) is 4.90 Å². The molecule has 1 aliphatic heterocycles. The van der Waals surface area contributed by atoms with Crippen molar-refractivity contribution in [2.45, 2.75) is 32.7 Å². The number of nitrogens with zero attached hydrogens (tertiary/aromatic N) is 1. The molecule has 1 aliphatic rings. The van der Waals surface area contributed by atoms with Crippen molar-refractivity contribution in [2.24, 2.45) is 0 Å². The van der Waals surface area contributed by atoms with Gasteiger partial charge in [-0.25, -0.2) is 0 Å². The highest BCUT2D eigenvalue weighted by molar-refractivity contribution is 5.76. The molecule has 1 saturated heterocycles. The molecule has 86 valence electrons. The molecule has 3 heteroatoms. The molecule has 0 radical (unpaired) electrons. The van der Waals surface area contributed by atoms with E-state index in [9.17, 15) is 4.79 Å². The Hall–Kier alpha value is -1.51. The highest BCUT2D eigenvalue weighted by Gasteiger charge is 2.18. The summed E-state index contributed by atoms with van der Waals surface area (Å²) in [6.07, 6.45) is 2.85. The van der Waals surface area contributed by atoms with Gasteiger partial charge in [-0.15, -0.1) is 0 Å². The maximum Gasteiger partial charge on any atom is 0.222 e. The van der Waals surface area contributed by atoms with Gasteiger partial charge in [-0.3, -0.25) is 4.79 Å². The van der Waals surface area contributed by atoms with Gasteiger partial charge in [-0.05, 0) is 37.0 Å². The van der Waals surface area contributed by atoms with Crippen molar-refractivity contribution < 1.29 is 4.79 Å². The quantitative estimate of drug-likeness (QED) is 0.773. The van der Waals surface area contributed by atoms with Gasteiger partial charge in [0.2, 0.25) is 5.91 Å². The standard InChI is InChI=1S/C13H18N2O/c1-10-11(5-4-6-12(10)14)9-15-8-3-2-7-13(15)16/h4-6H,2-3,7-9,14H2,1H3. The third-order valence-electron chi connectivity index (χ3n) is 3.27. The van der Waals surface area contributed by atoms with Gasteiger partial charge in [0, 0.05) is 25.2 Å². The van der Waals surface area contributed by atoms with E-state index in [1.165, 1.54) is 0 Å². The molecular formula is C13H18N2O. The first-order chi connectivity index (χ1) is 7.68. The minimum atomic E-state index is 0.271. The summed E-state index contributed by atoms with van der Waals surface area (Å²) in [5.74, 6) is 0.271. The number of anilines is 1. The van der Waals surface area contributed by atoms with Gasteiger partial charge in [0.25, 0.3) is 0 Å². The first kappa shape index (κ1) is 11.0. The lowest BCUT2D eigenvalue weighted by molar-refractivity contribution is -0.133. The monoisotopic (exact) mass is 218 g/mol. The van der Waals surface area contributed by atoms with Crippen molar-refractivity contribution in [3.63, 3.8) is 0 Å². The molecule has 0 spiro atoms. The third kappa shape index (κ3) is 2.18. The van der Waals surface area contributed by atoms with E-state index >= 15 is 0 Å². The number of rotatable bonds is 2. The Labute approximate surface area is 96.2 Å². The average molecular weight is 218 g/mol. The normalized spacial score (nSPS) is 16.6. The molecule has 1 aromatic rings. The van der Waals surface area contributed by atoms with Crippen LogP contribution in [-0.2, 0) is 11.3 Å². The SMILES string of the molecule is Cc1c(N)cccc1CN1CCCCC1=O. The van der Waals surface area contributed by atoms with Crippen LogP contribution in [0, 0.1) is 6.92 Å². The van der Waals surface area contributed by atoms with Crippen molar-refractivity contribution in [3.05, 3.63) is 29.3 Å². The molecule has 16 heavy (non-hydrogen) atoms. The number of hydrogen-bond donors (Lipinski definition) is 1. The molecule has 0 atom stereocenters. The van der Waals surface area contributed by atoms with E-state index in [-0.39, 0.29) is 5.91 Å². The summed E-state index contributed by atoms with van der Waals surface area (Å²) in [7, 11) is 0. The minimum absolute atomic E-state index is 0.271. The van der Waals surface area contributed by atoms with Gasteiger partial charge in [-0.2, -0.15) is 0 Å². The van der Waals surface area contributed by atoms with Crippen LogP contribution in [0.5, 0.6) is 0 Å². The van der Waals surface area contributed by atoms with Crippen LogP contribution in [0.4, 0.5) is 5.69 Å². The number of benzene rings is 1.